The maximum atomic E-state index is 14.2. The van der Waals surface area contributed by atoms with Gasteiger partial charge in [-0.05, 0) is 91.1 Å². The molecule has 7 rings (SSSR count). The molecular weight excluding hydrogens is 841 g/mol. The molecule has 0 bridgehead atoms. The summed E-state index contributed by atoms with van der Waals surface area (Å²) in [7, 11) is 0. The molecule has 2 aromatic heterocycles. The summed E-state index contributed by atoms with van der Waals surface area (Å²) in [4.78, 5) is 101. The van der Waals surface area contributed by atoms with Gasteiger partial charge in [-0.1, -0.05) is 50.6 Å². The average Bonchev–Trinajstić information content (AvgIpc) is 3.90. The number of aromatic nitrogens is 2. The van der Waals surface area contributed by atoms with Gasteiger partial charge in [-0.3, -0.25) is 43.6 Å². The Labute approximate surface area is 383 Å². The Kier molecular flexibility index (Phi) is 15.3. The summed E-state index contributed by atoms with van der Waals surface area (Å²) < 4.78 is 0. The maximum absolute atomic E-state index is 14.2. The molecule has 0 radical (unpaired) electrons. The van der Waals surface area contributed by atoms with Gasteiger partial charge in [-0.2, -0.15) is 5.10 Å². The van der Waals surface area contributed by atoms with Crippen molar-refractivity contribution in [3.63, 3.8) is 0 Å². The predicted octanol–water partition coefficient (Wildman–Crippen LogP) is 4.93. The highest BCUT2D eigenvalue weighted by Crippen LogP contribution is 2.34. The van der Waals surface area contributed by atoms with Crippen molar-refractivity contribution in [3.05, 3.63) is 114 Å². The minimum absolute atomic E-state index is 0.140. The van der Waals surface area contributed by atoms with E-state index in [0.717, 1.165) is 38.9 Å². The molecule has 0 spiro atoms. The van der Waals surface area contributed by atoms with E-state index in [2.05, 4.69) is 31.2 Å². The lowest BCUT2D eigenvalue weighted by atomic mass is 9.86. The molecule has 66 heavy (non-hydrogen) atoms. The van der Waals surface area contributed by atoms with Gasteiger partial charge < -0.3 is 26.2 Å². The minimum atomic E-state index is -0.873. The second-order valence-electron chi connectivity index (χ2n) is 17.2. The number of nitrogens with zero attached hydrogens (tertiary/aromatic N) is 6. The highest BCUT2D eigenvalue weighted by Gasteiger charge is 2.34. The largest absolute Gasteiger partial charge is 0.354 e. The lowest BCUT2D eigenvalue weighted by molar-refractivity contribution is -0.137. The Balaban J connectivity index is 0.901. The second kappa shape index (κ2) is 21.6. The van der Waals surface area contributed by atoms with Gasteiger partial charge in [0.2, 0.25) is 17.7 Å². The van der Waals surface area contributed by atoms with Gasteiger partial charge in [0.25, 0.3) is 17.7 Å². The van der Waals surface area contributed by atoms with Crippen LogP contribution in [0.4, 0.5) is 10.5 Å². The monoisotopic (exact) mass is 896 g/mol. The molecule has 1 unspecified atom stereocenters. The SMILES string of the molecule is CC(C)[C@H](NC(=O)CCCCCN1C(=O)C=CC1=O)C(=O)N[C@@H](C)C(=O)NCCCCN1N=C(c2ccc(NC(=O)N3Cc4ccncc4C3)cc2)CC(c2cccc3ncccc23)C1=O. The van der Waals surface area contributed by atoms with Crippen molar-refractivity contribution < 1.29 is 33.6 Å². The molecule has 0 saturated carbocycles. The van der Waals surface area contributed by atoms with E-state index in [1.165, 1.54) is 22.1 Å². The first-order chi connectivity index (χ1) is 31.9. The Morgan fingerprint density at radius 1 is 0.773 bits per heavy atom. The van der Waals surface area contributed by atoms with E-state index in [9.17, 15) is 33.6 Å². The molecule has 8 amide bonds. The summed E-state index contributed by atoms with van der Waals surface area (Å²) in [6.45, 7) is 7.08. The van der Waals surface area contributed by atoms with Crippen molar-refractivity contribution in [2.45, 2.75) is 96.8 Å². The molecule has 2 aromatic carbocycles. The van der Waals surface area contributed by atoms with Crippen molar-refractivity contribution in [2.75, 3.05) is 25.0 Å². The highest BCUT2D eigenvalue weighted by atomic mass is 16.2. The zero-order valence-electron chi connectivity index (χ0n) is 37.5. The Morgan fingerprint density at radius 3 is 2.29 bits per heavy atom. The van der Waals surface area contributed by atoms with Crippen LogP contribution in [0.2, 0.25) is 0 Å². The van der Waals surface area contributed by atoms with Crippen LogP contribution in [-0.2, 0) is 41.9 Å². The van der Waals surface area contributed by atoms with Crippen LogP contribution in [0.3, 0.4) is 0 Å². The molecule has 0 aliphatic carbocycles. The first kappa shape index (κ1) is 46.7. The van der Waals surface area contributed by atoms with Crippen LogP contribution in [0.1, 0.15) is 93.9 Å². The first-order valence-electron chi connectivity index (χ1n) is 22.6. The number of amides is 8. The van der Waals surface area contributed by atoms with E-state index in [0.29, 0.717) is 70.4 Å². The molecule has 3 aliphatic rings. The number of hydrazone groups is 1. The smallest absolute Gasteiger partial charge is 0.322 e. The van der Waals surface area contributed by atoms with E-state index in [1.54, 1.807) is 44.3 Å². The third kappa shape index (κ3) is 11.5. The zero-order chi connectivity index (χ0) is 46.7. The molecule has 17 nitrogen and oxygen atoms in total. The predicted molar refractivity (Wildman–Crippen MR) is 247 cm³/mol. The molecule has 3 atom stereocenters. The molecule has 0 fully saturated rings. The standard InChI is InChI=1S/C49H56N10O7/c1-31(2)45(55-42(60)14-5-4-7-25-58-43(61)19-20-44(58)62)47(64)53-32(3)46(63)52-22-6-8-26-59-48(65)39(37-11-9-13-40-38(37)12-10-23-51-40)27-41(56-59)33-15-17-36(18-16-33)54-49(66)57-29-34-21-24-50-28-35(34)30-57/h9-13,15-21,23-24,28,31-32,39,45H,4-8,14,22,25-27,29-30H2,1-3H3,(H,52,63)(H,53,64)(H,54,66)(H,55,60)/t32-,39?,45-/m0/s1. The third-order valence-corrected chi connectivity index (χ3v) is 12.0. The number of pyridine rings is 2. The van der Waals surface area contributed by atoms with Gasteiger partial charge in [0.1, 0.15) is 12.1 Å². The Hall–Kier alpha value is -7.30. The summed E-state index contributed by atoms with van der Waals surface area (Å²) in [5.41, 5.74) is 5.93. The van der Waals surface area contributed by atoms with Gasteiger partial charge in [0.15, 0.2) is 0 Å². The number of hydrogen-bond acceptors (Lipinski definition) is 10. The third-order valence-electron chi connectivity index (χ3n) is 12.0. The maximum Gasteiger partial charge on any atom is 0.322 e. The van der Waals surface area contributed by atoms with E-state index in [1.807, 2.05) is 60.7 Å². The van der Waals surface area contributed by atoms with Crippen molar-refractivity contribution in [3.8, 4) is 0 Å². The van der Waals surface area contributed by atoms with Crippen molar-refractivity contribution in [2.24, 2.45) is 11.0 Å². The molecule has 17 heteroatoms. The molecule has 4 aromatic rings. The minimum Gasteiger partial charge on any atom is -0.354 e. The van der Waals surface area contributed by atoms with Crippen molar-refractivity contribution >= 4 is 63.8 Å². The fourth-order valence-electron chi connectivity index (χ4n) is 8.30. The van der Waals surface area contributed by atoms with E-state index >= 15 is 0 Å². The van der Waals surface area contributed by atoms with Gasteiger partial charge >= 0.3 is 6.03 Å². The molecule has 4 N–H and O–H groups in total. The first-order valence-corrected chi connectivity index (χ1v) is 22.6. The van der Waals surface area contributed by atoms with Gasteiger partial charge in [-0.25, -0.2) is 9.80 Å². The number of urea groups is 1. The second-order valence-corrected chi connectivity index (χ2v) is 17.2. The molecule has 344 valence electrons. The topological polar surface area (TPSA) is 215 Å². The van der Waals surface area contributed by atoms with Gasteiger partial charge in [0.05, 0.1) is 17.1 Å². The van der Waals surface area contributed by atoms with Crippen LogP contribution in [-0.4, -0.2) is 104 Å². The van der Waals surface area contributed by atoms with E-state index < -0.39 is 23.9 Å². The zero-order valence-corrected chi connectivity index (χ0v) is 37.5. The fourth-order valence-corrected chi connectivity index (χ4v) is 8.30. The quantitative estimate of drug-likeness (QED) is 0.0741. The number of carbonyl (C=O) groups excluding carboxylic acids is 7. The fraction of sp³-hybridized carbons (Fsp3) is 0.388. The number of nitrogens with one attached hydrogen (secondary N) is 4. The number of carbonyl (C=O) groups is 7. The van der Waals surface area contributed by atoms with Crippen molar-refractivity contribution in [1.29, 1.82) is 0 Å². The van der Waals surface area contributed by atoms with Crippen LogP contribution in [0.15, 0.2) is 96.5 Å². The van der Waals surface area contributed by atoms with Crippen LogP contribution in [0.25, 0.3) is 10.9 Å². The lowest BCUT2D eigenvalue weighted by Gasteiger charge is -2.30. The number of unbranched alkanes of at least 4 members (excludes halogenated alkanes) is 3. The molecule has 0 saturated heterocycles. The van der Waals surface area contributed by atoms with Gasteiger partial charge in [0, 0.05) is 87.4 Å². The number of imide groups is 1. The number of rotatable bonds is 19. The lowest BCUT2D eigenvalue weighted by Crippen LogP contribution is -2.54. The Bertz CT molecular complexity index is 2490. The van der Waals surface area contributed by atoms with E-state index in [4.69, 9.17) is 5.10 Å². The summed E-state index contributed by atoms with van der Waals surface area (Å²) in [6, 6.07) is 17.1. The summed E-state index contributed by atoms with van der Waals surface area (Å²) >= 11 is 0. The Morgan fingerprint density at radius 2 is 1.53 bits per heavy atom. The van der Waals surface area contributed by atoms with Crippen LogP contribution in [0, 0.1) is 5.92 Å². The summed E-state index contributed by atoms with van der Waals surface area (Å²) in [6.07, 6.45) is 11.0. The molecular formula is C49H56N10O7. The summed E-state index contributed by atoms with van der Waals surface area (Å²) in [5, 5.41) is 18.6. The van der Waals surface area contributed by atoms with Crippen molar-refractivity contribution in [1.82, 2.24) is 40.7 Å². The number of fused-ring (bicyclic) bond motifs is 2. The number of hydrogen-bond donors (Lipinski definition) is 4. The van der Waals surface area contributed by atoms with E-state index in [-0.39, 0.29) is 54.5 Å². The molecule has 3 aliphatic heterocycles. The van der Waals surface area contributed by atoms with Gasteiger partial charge in [-0.15, -0.1) is 0 Å². The van der Waals surface area contributed by atoms with Crippen LogP contribution in [0.5, 0.6) is 0 Å². The van der Waals surface area contributed by atoms with Crippen LogP contribution >= 0.6 is 0 Å². The normalized spacial score (nSPS) is 16.6. The van der Waals surface area contributed by atoms with Crippen LogP contribution < -0.4 is 21.3 Å². The summed E-state index contributed by atoms with van der Waals surface area (Å²) in [5.74, 6) is -2.74. The highest BCUT2D eigenvalue weighted by molar-refractivity contribution is 6.13. The molecule has 5 heterocycles. The number of benzene rings is 2. The average molecular weight is 897 g/mol. The number of anilines is 1.